The molecule has 1 aromatic carbocycles. The number of nitrogens with one attached hydrogen (secondary N) is 1. The van der Waals surface area contributed by atoms with Crippen molar-refractivity contribution < 1.29 is 22.7 Å². The Morgan fingerprint density at radius 1 is 1.25 bits per heavy atom. The smallest absolute Gasteiger partial charge is 0.225 e. The summed E-state index contributed by atoms with van der Waals surface area (Å²) in [6, 6.07) is 7.14. The lowest BCUT2D eigenvalue weighted by Crippen LogP contribution is -2.35. The number of anilines is 1. The first-order chi connectivity index (χ1) is 11.2. The lowest BCUT2D eigenvalue weighted by atomic mass is 10.2. The van der Waals surface area contributed by atoms with Gasteiger partial charge in [0.15, 0.2) is 0 Å². The molecular weight excluding hydrogens is 332 g/mol. The van der Waals surface area contributed by atoms with Crippen molar-refractivity contribution >= 4 is 21.6 Å². The fraction of sp³-hybridized carbons (Fsp3) is 0.562. The second kappa shape index (κ2) is 9.61. The summed E-state index contributed by atoms with van der Waals surface area (Å²) in [5.41, 5.74) is 0.569. The number of carbonyl (C=O) groups excluding carboxylic acids is 1. The molecule has 136 valence electrons. The fourth-order valence-electron chi connectivity index (χ4n) is 2.00. The van der Waals surface area contributed by atoms with Gasteiger partial charge in [-0.25, -0.2) is 8.42 Å². The minimum absolute atomic E-state index is 0.0159. The number of hydrogen-bond acceptors (Lipinski definition) is 5. The van der Waals surface area contributed by atoms with E-state index in [9.17, 15) is 13.2 Å². The van der Waals surface area contributed by atoms with Crippen LogP contribution >= 0.6 is 0 Å². The molecule has 0 radical (unpaired) electrons. The first-order valence-corrected chi connectivity index (χ1v) is 9.58. The summed E-state index contributed by atoms with van der Waals surface area (Å²) < 4.78 is 35.2. The van der Waals surface area contributed by atoms with Crippen molar-refractivity contribution in [3.63, 3.8) is 0 Å². The Bertz CT molecular complexity index is 631. The molecule has 1 N–H and O–H groups in total. The molecule has 0 saturated carbocycles. The van der Waals surface area contributed by atoms with Crippen LogP contribution in [0.3, 0.4) is 0 Å². The van der Waals surface area contributed by atoms with Crippen LogP contribution in [-0.4, -0.2) is 57.8 Å². The Hall–Kier alpha value is -1.64. The van der Waals surface area contributed by atoms with E-state index in [0.717, 1.165) is 6.26 Å². The number of ether oxygens (including phenoxy) is 2. The van der Waals surface area contributed by atoms with E-state index >= 15 is 0 Å². The Labute approximate surface area is 144 Å². The number of methoxy groups -OCH3 is 1. The third-order valence-electron chi connectivity index (χ3n) is 3.13. The molecule has 0 fully saturated rings. The van der Waals surface area contributed by atoms with Gasteiger partial charge < -0.3 is 14.8 Å². The fourth-order valence-corrected chi connectivity index (χ4v) is 2.83. The summed E-state index contributed by atoms with van der Waals surface area (Å²) in [7, 11) is -1.88. The van der Waals surface area contributed by atoms with E-state index in [1.807, 2.05) is 19.9 Å². The van der Waals surface area contributed by atoms with Crippen LogP contribution in [0.2, 0.25) is 0 Å². The number of amides is 1. The van der Waals surface area contributed by atoms with E-state index in [1.54, 1.807) is 18.2 Å². The molecule has 0 aliphatic carbocycles. The monoisotopic (exact) mass is 358 g/mol. The van der Waals surface area contributed by atoms with E-state index in [0.29, 0.717) is 11.4 Å². The predicted octanol–water partition coefficient (Wildman–Crippen LogP) is 1.71. The second-order valence-electron chi connectivity index (χ2n) is 5.62. The Balaban J connectivity index is 2.66. The highest BCUT2D eigenvalue weighted by Gasteiger charge is 2.18. The van der Waals surface area contributed by atoms with Gasteiger partial charge >= 0.3 is 0 Å². The van der Waals surface area contributed by atoms with Crippen molar-refractivity contribution in [1.82, 2.24) is 4.31 Å². The highest BCUT2D eigenvalue weighted by molar-refractivity contribution is 7.88. The average molecular weight is 358 g/mol. The molecule has 0 spiro atoms. The van der Waals surface area contributed by atoms with Crippen LogP contribution in [0.5, 0.6) is 5.75 Å². The summed E-state index contributed by atoms with van der Waals surface area (Å²) in [6.07, 6.45) is 1.15. The van der Waals surface area contributed by atoms with E-state index < -0.39 is 10.0 Å². The molecule has 0 unspecified atom stereocenters. The van der Waals surface area contributed by atoms with Crippen LogP contribution in [0.4, 0.5) is 5.69 Å². The Morgan fingerprint density at radius 3 is 2.50 bits per heavy atom. The molecule has 1 rings (SSSR count). The maximum atomic E-state index is 12.1. The van der Waals surface area contributed by atoms with Gasteiger partial charge in [-0.15, -0.1) is 0 Å². The number of nitrogens with zero attached hydrogens (tertiary/aromatic N) is 1. The van der Waals surface area contributed by atoms with E-state index in [-0.39, 0.29) is 38.1 Å². The van der Waals surface area contributed by atoms with Gasteiger partial charge in [-0.1, -0.05) is 12.1 Å². The second-order valence-corrected chi connectivity index (χ2v) is 7.60. The van der Waals surface area contributed by atoms with Gasteiger partial charge in [-0.3, -0.25) is 4.79 Å². The molecule has 7 nitrogen and oxygen atoms in total. The molecule has 8 heteroatoms. The minimum atomic E-state index is -3.38. The average Bonchev–Trinajstić information content (AvgIpc) is 2.47. The highest BCUT2D eigenvalue weighted by atomic mass is 32.2. The van der Waals surface area contributed by atoms with Crippen molar-refractivity contribution in [2.75, 3.05) is 38.4 Å². The van der Waals surface area contributed by atoms with Crippen molar-refractivity contribution in [2.45, 2.75) is 26.4 Å². The number of para-hydroxylation sites is 2. The van der Waals surface area contributed by atoms with Gasteiger partial charge in [-0.05, 0) is 26.0 Å². The zero-order valence-electron chi connectivity index (χ0n) is 14.6. The van der Waals surface area contributed by atoms with Crippen LogP contribution in [0.1, 0.15) is 20.3 Å². The van der Waals surface area contributed by atoms with E-state index in [2.05, 4.69) is 5.32 Å². The van der Waals surface area contributed by atoms with Crippen LogP contribution in [0.25, 0.3) is 0 Å². The lowest BCUT2D eigenvalue weighted by Gasteiger charge is -2.19. The minimum Gasteiger partial charge on any atom is -0.489 e. The van der Waals surface area contributed by atoms with Crippen molar-refractivity contribution in [1.29, 1.82) is 0 Å². The molecule has 0 atom stereocenters. The number of rotatable bonds is 10. The number of hydrogen-bond donors (Lipinski definition) is 1. The van der Waals surface area contributed by atoms with Crippen molar-refractivity contribution in [2.24, 2.45) is 0 Å². The first-order valence-electron chi connectivity index (χ1n) is 7.73. The SMILES string of the molecule is COCCN(CCC(=O)Nc1ccccc1OC(C)C)S(C)(=O)=O. The van der Waals surface area contributed by atoms with Gasteiger partial charge in [-0.2, -0.15) is 4.31 Å². The van der Waals surface area contributed by atoms with Gasteiger partial charge in [0.2, 0.25) is 15.9 Å². The summed E-state index contributed by atoms with van der Waals surface area (Å²) in [6.45, 7) is 4.40. The predicted molar refractivity (Wildman–Crippen MR) is 93.7 cm³/mol. The van der Waals surface area contributed by atoms with Crippen LogP contribution < -0.4 is 10.1 Å². The Morgan fingerprint density at radius 2 is 1.92 bits per heavy atom. The third-order valence-corrected chi connectivity index (χ3v) is 4.43. The molecule has 0 aliphatic heterocycles. The molecule has 24 heavy (non-hydrogen) atoms. The van der Waals surface area contributed by atoms with Crippen LogP contribution in [-0.2, 0) is 19.6 Å². The van der Waals surface area contributed by atoms with Crippen molar-refractivity contribution in [3.05, 3.63) is 24.3 Å². The molecule has 0 bridgehead atoms. The summed E-state index contributed by atoms with van der Waals surface area (Å²) in [4.78, 5) is 12.1. The molecule has 0 heterocycles. The first kappa shape index (κ1) is 20.4. The topological polar surface area (TPSA) is 84.9 Å². The lowest BCUT2D eigenvalue weighted by molar-refractivity contribution is -0.116. The maximum absolute atomic E-state index is 12.1. The van der Waals surface area contributed by atoms with Crippen LogP contribution in [0, 0.1) is 0 Å². The number of sulfonamides is 1. The largest absolute Gasteiger partial charge is 0.489 e. The molecule has 1 amide bonds. The van der Waals surface area contributed by atoms with Crippen LogP contribution in [0.15, 0.2) is 24.3 Å². The molecule has 0 aromatic heterocycles. The van der Waals surface area contributed by atoms with Gasteiger partial charge in [0.1, 0.15) is 5.75 Å². The third kappa shape index (κ3) is 7.29. The number of benzene rings is 1. The van der Waals surface area contributed by atoms with Crippen molar-refractivity contribution in [3.8, 4) is 5.75 Å². The summed E-state index contributed by atoms with van der Waals surface area (Å²) in [5, 5.41) is 2.76. The summed E-state index contributed by atoms with van der Waals surface area (Å²) in [5.74, 6) is 0.307. The molecular formula is C16H26N2O5S. The summed E-state index contributed by atoms with van der Waals surface area (Å²) >= 11 is 0. The van der Waals surface area contributed by atoms with E-state index in [4.69, 9.17) is 9.47 Å². The molecule has 1 aromatic rings. The normalized spacial score (nSPS) is 11.8. The quantitative estimate of drug-likeness (QED) is 0.688. The van der Waals surface area contributed by atoms with Gasteiger partial charge in [0.25, 0.3) is 0 Å². The zero-order chi connectivity index (χ0) is 18.2. The number of carbonyl (C=O) groups is 1. The van der Waals surface area contributed by atoms with Gasteiger partial charge in [0.05, 0.1) is 24.7 Å². The highest BCUT2D eigenvalue weighted by Crippen LogP contribution is 2.24. The molecule has 0 saturated heterocycles. The standard InChI is InChI=1S/C16H26N2O5S/c1-13(2)23-15-8-6-5-7-14(15)17-16(19)9-10-18(11-12-22-3)24(4,20)21/h5-8,13H,9-12H2,1-4H3,(H,17,19). The molecule has 0 aliphatic rings. The van der Waals surface area contributed by atoms with E-state index in [1.165, 1.54) is 11.4 Å². The van der Waals surface area contributed by atoms with Gasteiger partial charge in [0, 0.05) is 26.6 Å². The Kier molecular flexibility index (Phi) is 8.17. The maximum Gasteiger partial charge on any atom is 0.225 e. The zero-order valence-corrected chi connectivity index (χ0v) is 15.4.